The molecule has 5 nitrogen and oxygen atoms in total. The summed E-state index contributed by atoms with van der Waals surface area (Å²) in [4.78, 5) is 4.28. The normalized spacial score (nSPS) is 10.2. The van der Waals surface area contributed by atoms with Crippen molar-refractivity contribution in [3.8, 4) is 11.8 Å². The van der Waals surface area contributed by atoms with E-state index in [1.165, 1.54) is 0 Å². The van der Waals surface area contributed by atoms with Crippen LogP contribution < -0.4 is 10.1 Å². The molecule has 0 aliphatic rings. The Labute approximate surface area is 118 Å². The molecular weight excluding hydrogens is 252 g/mol. The zero-order chi connectivity index (χ0) is 14.2. The summed E-state index contributed by atoms with van der Waals surface area (Å²) >= 11 is 0. The van der Waals surface area contributed by atoms with Crippen molar-refractivity contribution in [3.05, 3.63) is 48.0 Å². The van der Waals surface area contributed by atoms with Gasteiger partial charge in [-0.2, -0.15) is 5.26 Å². The van der Waals surface area contributed by atoms with E-state index in [2.05, 4.69) is 10.3 Å². The van der Waals surface area contributed by atoms with Gasteiger partial charge in [0.1, 0.15) is 17.6 Å². The molecule has 1 N–H and O–H groups in total. The molecule has 2 rings (SSSR count). The van der Waals surface area contributed by atoms with E-state index in [4.69, 9.17) is 10.00 Å². The summed E-state index contributed by atoms with van der Waals surface area (Å²) in [5.41, 5.74) is 1.06. The third-order valence-corrected chi connectivity index (χ3v) is 3.03. The molecule has 104 valence electrons. The van der Waals surface area contributed by atoms with Crippen LogP contribution in [0.1, 0.15) is 11.4 Å². The highest BCUT2D eigenvalue weighted by Gasteiger charge is 2.03. The third kappa shape index (κ3) is 3.84. The van der Waals surface area contributed by atoms with E-state index in [1.807, 2.05) is 48.1 Å². The molecule has 0 saturated carbocycles. The highest BCUT2D eigenvalue weighted by atomic mass is 16.5. The van der Waals surface area contributed by atoms with Crippen LogP contribution in [0.4, 0.5) is 0 Å². The Balaban J connectivity index is 1.82. The summed E-state index contributed by atoms with van der Waals surface area (Å²) in [7, 11) is 1.99. The molecule has 0 amide bonds. The van der Waals surface area contributed by atoms with Crippen molar-refractivity contribution in [2.24, 2.45) is 7.05 Å². The fraction of sp³-hybridized carbons (Fsp3) is 0.333. The lowest BCUT2D eigenvalue weighted by atomic mass is 10.2. The Morgan fingerprint density at radius 1 is 1.40 bits per heavy atom. The van der Waals surface area contributed by atoms with Gasteiger partial charge in [-0.1, -0.05) is 18.2 Å². The fourth-order valence-electron chi connectivity index (χ4n) is 1.96. The summed E-state index contributed by atoms with van der Waals surface area (Å²) in [6.45, 7) is 1.63. The molecule has 0 unspecified atom stereocenters. The van der Waals surface area contributed by atoms with Gasteiger partial charge in [-0.3, -0.25) is 0 Å². The molecule has 0 aliphatic carbocycles. The van der Waals surface area contributed by atoms with E-state index in [0.29, 0.717) is 6.54 Å². The average molecular weight is 270 g/mol. The topological polar surface area (TPSA) is 62.9 Å². The highest BCUT2D eigenvalue weighted by molar-refractivity contribution is 5.33. The van der Waals surface area contributed by atoms with Crippen LogP contribution >= 0.6 is 0 Å². The van der Waals surface area contributed by atoms with Gasteiger partial charge in [0.05, 0.1) is 0 Å². The number of hydrogen-bond donors (Lipinski definition) is 1. The Morgan fingerprint density at radius 3 is 3.00 bits per heavy atom. The zero-order valence-corrected chi connectivity index (χ0v) is 11.5. The van der Waals surface area contributed by atoms with E-state index >= 15 is 0 Å². The molecule has 0 saturated heterocycles. The molecule has 2 aromatic rings. The molecule has 1 aromatic heterocycles. The van der Waals surface area contributed by atoms with E-state index in [-0.39, 0.29) is 6.61 Å². The number of ether oxygens (including phenoxy) is 1. The average Bonchev–Trinajstić information content (AvgIpc) is 2.88. The van der Waals surface area contributed by atoms with E-state index in [9.17, 15) is 0 Å². The minimum atomic E-state index is 0.0737. The Hall–Kier alpha value is -2.32. The second kappa shape index (κ2) is 7.31. The summed E-state index contributed by atoms with van der Waals surface area (Å²) in [6.07, 6.45) is 4.63. The maximum absolute atomic E-state index is 8.56. The van der Waals surface area contributed by atoms with Crippen molar-refractivity contribution in [2.75, 3.05) is 13.2 Å². The van der Waals surface area contributed by atoms with Crippen molar-refractivity contribution in [2.45, 2.75) is 13.0 Å². The van der Waals surface area contributed by atoms with Crippen LogP contribution in [0.2, 0.25) is 0 Å². The monoisotopic (exact) mass is 270 g/mol. The second-order valence-electron chi connectivity index (χ2n) is 4.44. The number of nitriles is 1. The quantitative estimate of drug-likeness (QED) is 0.777. The maximum atomic E-state index is 8.56. The van der Waals surface area contributed by atoms with Crippen LogP contribution in [0.15, 0.2) is 36.7 Å². The van der Waals surface area contributed by atoms with Gasteiger partial charge in [-0.25, -0.2) is 4.98 Å². The van der Waals surface area contributed by atoms with Gasteiger partial charge in [-0.15, -0.1) is 0 Å². The maximum Gasteiger partial charge on any atom is 0.174 e. The molecule has 20 heavy (non-hydrogen) atoms. The molecule has 0 bridgehead atoms. The van der Waals surface area contributed by atoms with Crippen molar-refractivity contribution in [3.63, 3.8) is 0 Å². The van der Waals surface area contributed by atoms with Crippen molar-refractivity contribution in [1.29, 1.82) is 5.26 Å². The molecule has 1 aromatic carbocycles. The molecular formula is C15H18N4O. The van der Waals surface area contributed by atoms with Crippen LogP contribution in [0, 0.1) is 11.3 Å². The Kier molecular flexibility index (Phi) is 5.15. The Bertz CT molecular complexity index is 586. The van der Waals surface area contributed by atoms with Crippen LogP contribution in [0.5, 0.6) is 5.75 Å². The van der Waals surface area contributed by atoms with Crippen molar-refractivity contribution in [1.82, 2.24) is 14.9 Å². The van der Waals surface area contributed by atoms with Crippen molar-refractivity contribution >= 4 is 0 Å². The Morgan fingerprint density at radius 2 is 2.25 bits per heavy atom. The minimum absolute atomic E-state index is 0.0737. The van der Waals surface area contributed by atoms with E-state index < -0.39 is 0 Å². The van der Waals surface area contributed by atoms with E-state index in [1.54, 1.807) is 6.20 Å². The predicted octanol–water partition coefficient (Wildman–Crippen LogP) is 1.65. The zero-order valence-electron chi connectivity index (χ0n) is 11.5. The third-order valence-electron chi connectivity index (χ3n) is 3.03. The van der Waals surface area contributed by atoms with Gasteiger partial charge in [0.2, 0.25) is 0 Å². The van der Waals surface area contributed by atoms with Gasteiger partial charge in [-0.05, 0) is 6.07 Å². The van der Waals surface area contributed by atoms with Crippen LogP contribution in [0.3, 0.4) is 0 Å². The van der Waals surface area contributed by atoms with Crippen LogP contribution in [0.25, 0.3) is 0 Å². The van der Waals surface area contributed by atoms with Gasteiger partial charge in [0.15, 0.2) is 6.61 Å². The van der Waals surface area contributed by atoms with Crippen LogP contribution in [-0.2, 0) is 20.0 Å². The molecule has 0 atom stereocenters. The predicted molar refractivity (Wildman–Crippen MR) is 76.2 cm³/mol. The number of rotatable bonds is 7. The lowest BCUT2D eigenvalue weighted by molar-refractivity contribution is 0.362. The molecule has 0 spiro atoms. The molecule has 0 radical (unpaired) electrons. The summed E-state index contributed by atoms with van der Waals surface area (Å²) < 4.78 is 7.41. The largest absolute Gasteiger partial charge is 0.478 e. The van der Waals surface area contributed by atoms with Crippen molar-refractivity contribution < 1.29 is 4.74 Å². The molecule has 0 fully saturated rings. The first kappa shape index (κ1) is 14.1. The lowest BCUT2D eigenvalue weighted by Gasteiger charge is -2.10. The molecule has 5 heteroatoms. The van der Waals surface area contributed by atoms with Gasteiger partial charge < -0.3 is 14.6 Å². The summed E-state index contributed by atoms with van der Waals surface area (Å²) in [5, 5.41) is 11.9. The number of benzene rings is 1. The van der Waals surface area contributed by atoms with Gasteiger partial charge in [0, 0.05) is 44.5 Å². The van der Waals surface area contributed by atoms with E-state index in [0.717, 1.165) is 30.1 Å². The molecule has 1 heterocycles. The molecule has 0 aliphatic heterocycles. The fourth-order valence-corrected chi connectivity index (χ4v) is 1.96. The number of aromatic nitrogens is 2. The van der Waals surface area contributed by atoms with Gasteiger partial charge >= 0.3 is 0 Å². The number of para-hydroxylation sites is 1. The lowest BCUT2D eigenvalue weighted by Crippen LogP contribution is -2.18. The first-order valence-corrected chi connectivity index (χ1v) is 6.56. The SMILES string of the molecule is Cn1ccnc1CCNCc1ccccc1OCC#N. The highest BCUT2D eigenvalue weighted by Crippen LogP contribution is 2.17. The summed E-state index contributed by atoms with van der Waals surface area (Å²) in [5.74, 6) is 1.82. The van der Waals surface area contributed by atoms with Crippen LogP contribution in [-0.4, -0.2) is 22.7 Å². The first-order valence-electron chi connectivity index (χ1n) is 6.56. The van der Waals surface area contributed by atoms with Gasteiger partial charge in [0.25, 0.3) is 0 Å². The first-order chi connectivity index (χ1) is 9.81. The number of nitrogens with zero attached hydrogens (tertiary/aromatic N) is 3. The summed E-state index contributed by atoms with van der Waals surface area (Å²) in [6, 6.07) is 9.74. The number of imidazole rings is 1. The smallest absolute Gasteiger partial charge is 0.174 e. The number of hydrogen-bond acceptors (Lipinski definition) is 4. The number of aryl methyl sites for hydroxylation is 1. The minimum Gasteiger partial charge on any atom is -0.478 e. The standard InChI is InChI=1S/C15H18N4O/c1-19-10-9-18-15(19)6-8-17-12-13-4-2-3-5-14(13)20-11-7-16/h2-5,9-10,17H,6,8,11-12H2,1H3. The second-order valence-corrected chi connectivity index (χ2v) is 4.44. The number of nitrogens with one attached hydrogen (secondary N) is 1.